The lowest BCUT2D eigenvalue weighted by Crippen LogP contribution is -2.47. The molecule has 2 N–H and O–H groups in total. The van der Waals surface area contributed by atoms with Gasteiger partial charge in [-0.3, -0.25) is 4.79 Å². The quantitative estimate of drug-likeness (QED) is 0.643. The van der Waals surface area contributed by atoms with Gasteiger partial charge in [0, 0.05) is 18.7 Å². The normalized spacial score (nSPS) is 17.9. The molecule has 4 heteroatoms. The van der Waals surface area contributed by atoms with Gasteiger partial charge in [0.15, 0.2) is 0 Å². The number of thioether (sulfide) groups is 1. The summed E-state index contributed by atoms with van der Waals surface area (Å²) in [5, 5.41) is 12.6. The molecule has 16 heavy (non-hydrogen) atoms. The van der Waals surface area contributed by atoms with Gasteiger partial charge in [-0.05, 0) is 31.4 Å². The number of nitrogens with one attached hydrogen (secondary N) is 1. The van der Waals surface area contributed by atoms with Crippen molar-refractivity contribution in [3.63, 3.8) is 0 Å². The smallest absolute Gasteiger partial charge is 0.220 e. The predicted octanol–water partition coefficient (Wildman–Crippen LogP) is 1.94. The van der Waals surface area contributed by atoms with Crippen molar-refractivity contribution in [3.05, 3.63) is 0 Å². The molecule has 1 saturated carbocycles. The van der Waals surface area contributed by atoms with E-state index in [1.165, 1.54) is 12.8 Å². The molecule has 0 aliphatic heterocycles. The lowest BCUT2D eigenvalue weighted by molar-refractivity contribution is -0.123. The largest absolute Gasteiger partial charge is 0.388 e. The Morgan fingerprint density at radius 3 is 2.75 bits per heavy atom. The van der Waals surface area contributed by atoms with Crippen LogP contribution in [0.25, 0.3) is 0 Å². The topological polar surface area (TPSA) is 49.3 Å². The first-order valence-corrected chi connectivity index (χ1v) is 7.38. The van der Waals surface area contributed by atoms with Crippen LogP contribution in [0.2, 0.25) is 0 Å². The number of hydrogen-bond donors (Lipinski definition) is 2. The van der Waals surface area contributed by atoms with Crippen molar-refractivity contribution >= 4 is 17.7 Å². The first-order valence-electron chi connectivity index (χ1n) is 6.23. The van der Waals surface area contributed by atoms with Crippen LogP contribution in [0.15, 0.2) is 0 Å². The van der Waals surface area contributed by atoms with E-state index in [2.05, 4.69) is 12.2 Å². The highest BCUT2D eigenvalue weighted by molar-refractivity contribution is 7.99. The van der Waals surface area contributed by atoms with Crippen molar-refractivity contribution in [2.75, 3.05) is 18.1 Å². The Kier molecular flexibility index (Phi) is 6.21. The molecule has 1 aliphatic rings. The number of rotatable bonds is 8. The fraction of sp³-hybridized carbons (Fsp3) is 0.917. The summed E-state index contributed by atoms with van der Waals surface area (Å²) in [4.78, 5) is 11.4. The third-order valence-electron chi connectivity index (χ3n) is 3.01. The molecule has 0 spiro atoms. The van der Waals surface area contributed by atoms with E-state index >= 15 is 0 Å². The molecule has 0 heterocycles. The Balaban J connectivity index is 1.94. The first kappa shape index (κ1) is 13.8. The average Bonchev–Trinajstić information content (AvgIpc) is 2.23. The van der Waals surface area contributed by atoms with E-state index in [0.29, 0.717) is 13.0 Å². The minimum absolute atomic E-state index is 0.0734. The summed E-state index contributed by atoms with van der Waals surface area (Å²) in [5.41, 5.74) is -0.592. The Labute approximate surface area is 102 Å². The molecule has 0 radical (unpaired) electrons. The predicted molar refractivity (Wildman–Crippen MR) is 68.7 cm³/mol. The minimum atomic E-state index is -0.592. The van der Waals surface area contributed by atoms with Gasteiger partial charge in [-0.1, -0.05) is 13.3 Å². The minimum Gasteiger partial charge on any atom is -0.388 e. The zero-order chi connectivity index (χ0) is 11.9. The second-order valence-electron chi connectivity index (χ2n) is 4.57. The van der Waals surface area contributed by atoms with Crippen LogP contribution in [0, 0.1) is 0 Å². The van der Waals surface area contributed by atoms with Crippen LogP contribution in [-0.2, 0) is 4.79 Å². The number of aliphatic hydroxyl groups is 1. The summed E-state index contributed by atoms with van der Waals surface area (Å²) >= 11 is 1.84. The fourth-order valence-electron chi connectivity index (χ4n) is 1.63. The van der Waals surface area contributed by atoms with Crippen molar-refractivity contribution in [2.24, 2.45) is 0 Å². The standard InChI is InChI=1S/C12H23NO2S/c1-2-3-8-16-9-5-11(14)13-10-12(15)6-4-7-12/h15H,2-10H2,1H3,(H,13,14). The number of amides is 1. The van der Waals surface area contributed by atoms with Crippen LogP contribution in [0.5, 0.6) is 0 Å². The zero-order valence-corrected chi connectivity index (χ0v) is 10.9. The molecule has 3 nitrogen and oxygen atoms in total. The van der Waals surface area contributed by atoms with Crippen LogP contribution >= 0.6 is 11.8 Å². The van der Waals surface area contributed by atoms with Gasteiger partial charge in [0.1, 0.15) is 0 Å². The number of unbranched alkanes of at least 4 members (excludes halogenated alkanes) is 1. The van der Waals surface area contributed by atoms with Crippen LogP contribution in [-0.4, -0.2) is 34.7 Å². The monoisotopic (exact) mass is 245 g/mol. The van der Waals surface area contributed by atoms with Crippen LogP contribution in [0.3, 0.4) is 0 Å². The van der Waals surface area contributed by atoms with Crippen LogP contribution in [0.1, 0.15) is 45.4 Å². The molecule has 0 aromatic carbocycles. The van der Waals surface area contributed by atoms with Crippen molar-refractivity contribution in [2.45, 2.75) is 51.0 Å². The second-order valence-corrected chi connectivity index (χ2v) is 5.80. The van der Waals surface area contributed by atoms with Gasteiger partial charge in [-0.15, -0.1) is 0 Å². The molecule has 1 rings (SSSR count). The zero-order valence-electron chi connectivity index (χ0n) is 10.1. The fourth-order valence-corrected chi connectivity index (χ4v) is 2.65. The molecular weight excluding hydrogens is 222 g/mol. The van der Waals surface area contributed by atoms with Crippen molar-refractivity contribution in [1.29, 1.82) is 0 Å². The van der Waals surface area contributed by atoms with Crippen molar-refractivity contribution in [1.82, 2.24) is 5.32 Å². The van der Waals surface area contributed by atoms with E-state index in [-0.39, 0.29) is 5.91 Å². The van der Waals surface area contributed by atoms with Crippen LogP contribution < -0.4 is 5.32 Å². The molecule has 0 unspecified atom stereocenters. The summed E-state index contributed by atoms with van der Waals surface area (Å²) in [7, 11) is 0. The SMILES string of the molecule is CCCCSCCC(=O)NCC1(O)CCC1. The lowest BCUT2D eigenvalue weighted by Gasteiger charge is -2.36. The Bertz CT molecular complexity index is 217. The Morgan fingerprint density at radius 2 is 2.19 bits per heavy atom. The van der Waals surface area contributed by atoms with Gasteiger partial charge in [-0.2, -0.15) is 11.8 Å². The molecule has 94 valence electrons. The summed E-state index contributed by atoms with van der Waals surface area (Å²) in [6.45, 7) is 2.61. The van der Waals surface area contributed by atoms with E-state index < -0.39 is 5.60 Å². The number of carbonyl (C=O) groups is 1. The number of carbonyl (C=O) groups excluding carboxylic acids is 1. The van der Waals surface area contributed by atoms with E-state index in [9.17, 15) is 9.90 Å². The van der Waals surface area contributed by atoms with E-state index in [1.54, 1.807) is 0 Å². The lowest BCUT2D eigenvalue weighted by atomic mass is 9.80. The maximum absolute atomic E-state index is 11.4. The summed E-state index contributed by atoms with van der Waals surface area (Å²) in [6.07, 6.45) is 5.76. The molecule has 0 aromatic heterocycles. The van der Waals surface area contributed by atoms with Gasteiger partial charge in [-0.25, -0.2) is 0 Å². The van der Waals surface area contributed by atoms with Gasteiger partial charge < -0.3 is 10.4 Å². The third kappa shape index (κ3) is 5.21. The Morgan fingerprint density at radius 1 is 1.44 bits per heavy atom. The van der Waals surface area contributed by atoms with Crippen molar-refractivity contribution in [3.8, 4) is 0 Å². The average molecular weight is 245 g/mol. The van der Waals surface area contributed by atoms with Gasteiger partial charge >= 0.3 is 0 Å². The molecule has 0 saturated heterocycles. The second kappa shape index (κ2) is 7.17. The molecule has 1 amide bonds. The Hall–Kier alpha value is -0.220. The highest BCUT2D eigenvalue weighted by Gasteiger charge is 2.34. The molecule has 1 aliphatic carbocycles. The maximum Gasteiger partial charge on any atom is 0.220 e. The highest BCUT2D eigenvalue weighted by atomic mass is 32.2. The molecular formula is C12H23NO2S. The molecule has 0 aromatic rings. The van der Waals surface area contributed by atoms with E-state index in [4.69, 9.17) is 0 Å². The summed E-state index contributed by atoms with van der Waals surface area (Å²) in [5.74, 6) is 2.11. The van der Waals surface area contributed by atoms with Gasteiger partial charge in [0.2, 0.25) is 5.91 Å². The molecule has 0 bridgehead atoms. The maximum atomic E-state index is 11.4. The van der Waals surface area contributed by atoms with Crippen molar-refractivity contribution < 1.29 is 9.90 Å². The summed E-state index contributed by atoms with van der Waals surface area (Å²) < 4.78 is 0. The molecule has 0 atom stereocenters. The van der Waals surface area contributed by atoms with Gasteiger partial charge in [0.25, 0.3) is 0 Å². The third-order valence-corrected chi connectivity index (χ3v) is 4.08. The summed E-state index contributed by atoms with van der Waals surface area (Å²) in [6, 6.07) is 0. The van der Waals surface area contributed by atoms with E-state index in [0.717, 1.165) is 30.8 Å². The molecule has 1 fully saturated rings. The highest BCUT2D eigenvalue weighted by Crippen LogP contribution is 2.30. The van der Waals surface area contributed by atoms with Gasteiger partial charge in [0.05, 0.1) is 5.60 Å². The van der Waals surface area contributed by atoms with Crippen LogP contribution in [0.4, 0.5) is 0 Å². The number of hydrogen-bond acceptors (Lipinski definition) is 3. The van der Waals surface area contributed by atoms with E-state index in [1.807, 2.05) is 11.8 Å². The first-order chi connectivity index (χ1) is 7.66.